The van der Waals surface area contributed by atoms with Crippen LogP contribution in [-0.4, -0.2) is 32.4 Å². The maximum atomic E-state index is 10.8. The fraction of sp³-hybridized carbons (Fsp3) is 0.0833. The van der Waals surface area contributed by atoms with Crippen LogP contribution < -0.4 is 0 Å². The number of fused-ring (bicyclic) bond motifs is 2. The molecule has 0 aromatic heterocycles. The van der Waals surface area contributed by atoms with Crippen molar-refractivity contribution in [2.75, 3.05) is 0 Å². The van der Waals surface area contributed by atoms with Crippen LogP contribution in [0.3, 0.4) is 0 Å². The van der Waals surface area contributed by atoms with E-state index >= 15 is 0 Å². The Labute approximate surface area is 197 Å². The van der Waals surface area contributed by atoms with Crippen molar-refractivity contribution in [2.45, 2.75) is 13.8 Å². The number of aryl methyl sites for hydroxylation is 2. The van der Waals surface area contributed by atoms with Gasteiger partial charge in [-0.15, -0.1) is 0 Å². The number of carbonyl (C=O) groups is 2. The van der Waals surface area contributed by atoms with Crippen molar-refractivity contribution in [1.29, 1.82) is 0 Å². The fourth-order valence-electron chi connectivity index (χ4n) is 3.15. The zero-order chi connectivity index (χ0) is 22.0. The van der Waals surface area contributed by atoms with Gasteiger partial charge in [-0.1, -0.05) is 47.5 Å². The van der Waals surface area contributed by atoms with E-state index in [-0.39, 0.29) is 48.8 Å². The molecule has 4 rings (SSSR count). The van der Waals surface area contributed by atoms with E-state index in [0.29, 0.717) is 0 Å². The summed E-state index contributed by atoms with van der Waals surface area (Å²) in [7, 11) is 0. The third kappa shape index (κ3) is 5.50. The van der Waals surface area contributed by atoms with E-state index in [1.54, 1.807) is 0 Å². The topological polar surface area (TPSA) is 115 Å². The Morgan fingerprint density at radius 1 is 0.581 bits per heavy atom. The van der Waals surface area contributed by atoms with Crippen LogP contribution in [0.15, 0.2) is 60.7 Å². The molecule has 0 spiro atoms. The predicted molar refractivity (Wildman–Crippen MR) is 115 cm³/mol. The van der Waals surface area contributed by atoms with Crippen LogP contribution in [0.1, 0.15) is 31.8 Å². The molecule has 4 aromatic carbocycles. The molecule has 4 N–H and O–H groups in total. The van der Waals surface area contributed by atoms with Crippen LogP contribution >= 0.6 is 0 Å². The molecule has 0 atom stereocenters. The number of aromatic hydroxyl groups is 2. The summed E-state index contributed by atoms with van der Waals surface area (Å²) in [6.07, 6.45) is 0. The molecule has 0 aliphatic rings. The standard InChI is InChI=1S/2C12H10O3.Zr/c2*1-7-2-3-8-6-11(13)10(12(14)15)5-9(8)4-7;/h2*2-6,13H,1H3,(H,14,15);. The summed E-state index contributed by atoms with van der Waals surface area (Å²) in [5.41, 5.74) is 2.00. The van der Waals surface area contributed by atoms with Gasteiger partial charge < -0.3 is 20.4 Å². The SMILES string of the molecule is Cc1ccc2cc(O)c(C(=O)O)cc2c1.Cc1ccc2cc(O)c(C(=O)O)cc2c1.[Zr]. The zero-order valence-corrected chi connectivity index (χ0v) is 19.3. The quantitative estimate of drug-likeness (QED) is 0.308. The summed E-state index contributed by atoms with van der Waals surface area (Å²) in [5.74, 6) is -2.62. The minimum Gasteiger partial charge on any atom is -0.507 e. The molecule has 156 valence electrons. The van der Waals surface area contributed by atoms with Gasteiger partial charge >= 0.3 is 11.9 Å². The van der Waals surface area contributed by atoms with Crippen molar-refractivity contribution in [3.8, 4) is 11.5 Å². The third-order valence-electron chi connectivity index (χ3n) is 4.68. The van der Waals surface area contributed by atoms with Crippen LogP contribution in [0, 0.1) is 13.8 Å². The molecule has 7 heteroatoms. The monoisotopic (exact) mass is 494 g/mol. The number of aromatic carboxylic acids is 2. The molecule has 0 saturated heterocycles. The van der Waals surface area contributed by atoms with Crippen molar-refractivity contribution in [1.82, 2.24) is 0 Å². The summed E-state index contributed by atoms with van der Waals surface area (Å²) in [6.45, 7) is 3.87. The number of hydrogen-bond acceptors (Lipinski definition) is 4. The summed E-state index contributed by atoms with van der Waals surface area (Å²) >= 11 is 0. The van der Waals surface area contributed by atoms with Gasteiger partial charge in [-0.3, -0.25) is 0 Å². The molecule has 0 amide bonds. The second-order valence-corrected chi connectivity index (χ2v) is 7.05. The van der Waals surface area contributed by atoms with Crippen LogP contribution in [0.25, 0.3) is 21.5 Å². The van der Waals surface area contributed by atoms with Gasteiger partial charge in [0.05, 0.1) is 0 Å². The minimum absolute atomic E-state index is 0. The van der Waals surface area contributed by atoms with Crippen molar-refractivity contribution in [2.24, 2.45) is 0 Å². The first kappa shape index (κ1) is 24.1. The van der Waals surface area contributed by atoms with Gasteiger partial charge in [0.1, 0.15) is 22.6 Å². The third-order valence-corrected chi connectivity index (χ3v) is 4.68. The fourth-order valence-corrected chi connectivity index (χ4v) is 3.15. The predicted octanol–water partition coefficient (Wildman–Crippen LogP) is 5.10. The van der Waals surface area contributed by atoms with E-state index in [2.05, 4.69) is 0 Å². The second kappa shape index (κ2) is 9.75. The van der Waals surface area contributed by atoms with Crippen molar-refractivity contribution >= 4 is 33.5 Å². The Morgan fingerprint density at radius 2 is 0.935 bits per heavy atom. The van der Waals surface area contributed by atoms with Crippen molar-refractivity contribution < 1.29 is 56.2 Å². The Bertz CT molecular complexity index is 1200. The summed E-state index contributed by atoms with van der Waals surface area (Å²) in [6, 6.07) is 17.2. The molecule has 0 heterocycles. The van der Waals surface area contributed by atoms with E-state index in [9.17, 15) is 19.8 Å². The Hall–Kier alpha value is -3.18. The van der Waals surface area contributed by atoms with E-state index in [1.807, 2.05) is 50.2 Å². The molecule has 0 unspecified atom stereocenters. The maximum absolute atomic E-state index is 10.8. The van der Waals surface area contributed by atoms with Crippen LogP contribution in [0.5, 0.6) is 11.5 Å². The molecule has 0 bridgehead atoms. The van der Waals surface area contributed by atoms with Gasteiger partial charge in [0.25, 0.3) is 0 Å². The molecule has 0 saturated carbocycles. The zero-order valence-electron chi connectivity index (χ0n) is 16.9. The van der Waals surface area contributed by atoms with E-state index in [0.717, 1.165) is 32.7 Å². The van der Waals surface area contributed by atoms with Gasteiger partial charge in [-0.2, -0.15) is 0 Å². The molecular weight excluding hydrogens is 475 g/mol. The molecule has 31 heavy (non-hydrogen) atoms. The smallest absolute Gasteiger partial charge is 0.339 e. The molecule has 0 radical (unpaired) electrons. The van der Waals surface area contributed by atoms with Gasteiger partial charge in [0.2, 0.25) is 0 Å². The number of carboxylic acid groups (broad SMARTS) is 2. The normalized spacial score (nSPS) is 10.1. The second-order valence-electron chi connectivity index (χ2n) is 7.05. The van der Waals surface area contributed by atoms with Crippen LogP contribution in [-0.2, 0) is 26.2 Å². The van der Waals surface area contributed by atoms with Crippen molar-refractivity contribution in [3.63, 3.8) is 0 Å². The number of hydrogen-bond donors (Lipinski definition) is 4. The average Bonchev–Trinajstić information content (AvgIpc) is 2.67. The van der Waals surface area contributed by atoms with Crippen LogP contribution in [0.4, 0.5) is 0 Å². The first-order valence-corrected chi connectivity index (χ1v) is 9.09. The van der Waals surface area contributed by atoms with Gasteiger partial charge in [0.15, 0.2) is 0 Å². The summed E-state index contributed by atoms with van der Waals surface area (Å²) < 4.78 is 0. The van der Waals surface area contributed by atoms with E-state index < -0.39 is 11.9 Å². The molecule has 0 aliphatic carbocycles. The Morgan fingerprint density at radius 3 is 1.26 bits per heavy atom. The number of carboxylic acids is 2. The van der Waals surface area contributed by atoms with Gasteiger partial charge in [0, 0.05) is 26.2 Å². The summed E-state index contributed by atoms with van der Waals surface area (Å²) in [5, 5.41) is 39.9. The van der Waals surface area contributed by atoms with Gasteiger partial charge in [-0.05, 0) is 59.7 Å². The molecule has 6 nitrogen and oxygen atoms in total. The Balaban J connectivity index is 0.000000213. The first-order chi connectivity index (χ1) is 14.2. The molecule has 4 aromatic rings. The molecule has 0 aliphatic heterocycles. The number of rotatable bonds is 2. The summed E-state index contributed by atoms with van der Waals surface area (Å²) in [4.78, 5) is 21.6. The maximum Gasteiger partial charge on any atom is 0.339 e. The average molecular weight is 496 g/mol. The Kier molecular flexibility index (Phi) is 7.58. The first-order valence-electron chi connectivity index (χ1n) is 9.09. The van der Waals surface area contributed by atoms with Crippen LogP contribution in [0.2, 0.25) is 0 Å². The molecular formula is C24H20O6Zr. The molecule has 0 fully saturated rings. The number of benzene rings is 4. The number of phenols is 2. The van der Waals surface area contributed by atoms with Crippen molar-refractivity contribution in [3.05, 3.63) is 82.9 Å². The van der Waals surface area contributed by atoms with E-state index in [4.69, 9.17) is 10.2 Å². The largest absolute Gasteiger partial charge is 0.507 e. The van der Waals surface area contributed by atoms with Gasteiger partial charge in [-0.25, -0.2) is 9.59 Å². The minimum atomic E-state index is -1.11. The van der Waals surface area contributed by atoms with E-state index in [1.165, 1.54) is 24.3 Å².